The zero-order valence-corrected chi connectivity index (χ0v) is 16.9. The van der Waals surface area contributed by atoms with Gasteiger partial charge in [-0.25, -0.2) is 9.50 Å². The molecule has 4 aromatic rings. The van der Waals surface area contributed by atoms with Crippen LogP contribution >= 0.6 is 0 Å². The van der Waals surface area contributed by atoms with Crippen molar-refractivity contribution < 1.29 is 0 Å². The minimum atomic E-state index is 0.950. The third-order valence-electron chi connectivity index (χ3n) is 5.77. The summed E-state index contributed by atoms with van der Waals surface area (Å²) in [5.74, 6) is 1.02. The van der Waals surface area contributed by atoms with Gasteiger partial charge in [-0.05, 0) is 37.6 Å². The Kier molecular flexibility index (Phi) is 4.43. The number of aryl methyl sites for hydroxylation is 2. The van der Waals surface area contributed by atoms with Crippen LogP contribution < -0.4 is 9.80 Å². The van der Waals surface area contributed by atoms with Gasteiger partial charge in [-0.1, -0.05) is 42.0 Å². The molecule has 0 radical (unpaired) electrons. The van der Waals surface area contributed by atoms with E-state index >= 15 is 0 Å². The van der Waals surface area contributed by atoms with Crippen LogP contribution in [0.4, 0.5) is 11.5 Å². The number of nitrogens with zero attached hydrogens (tertiary/aromatic N) is 5. The molecule has 1 fully saturated rings. The fourth-order valence-electron chi connectivity index (χ4n) is 4.08. The number of aromatic nitrogens is 3. The quantitative estimate of drug-likeness (QED) is 0.527. The lowest BCUT2D eigenvalue weighted by molar-refractivity contribution is 0.647. The molecule has 2 aromatic heterocycles. The molecule has 0 saturated carbocycles. The summed E-state index contributed by atoms with van der Waals surface area (Å²) in [6.45, 7) is 8.14. The molecule has 1 aliphatic rings. The lowest BCUT2D eigenvalue weighted by Gasteiger charge is -2.36. The molecule has 0 spiro atoms. The van der Waals surface area contributed by atoms with Crippen LogP contribution in [0.5, 0.6) is 0 Å². The summed E-state index contributed by atoms with van der Waals surface area (Å²) >= 11 is 0. The Bertz CT molecular complexity index is 1140. The minimum Gasteiger partial charge on any atom is -0.368 e. The van der Waals surface area contributed by atoms with Gasteiger partial charge in [0.1, 0.15) is 5.52 Å². The molecule has 5 heteroatoms. The maximum atomic E-state index is 4.81. The van der Waals surface area contributed by atoms with Crippen molar-refractivity contribution in [3.05, 3.63) is 78.1 Å². The summed E-state index contributed by atoms with van der Waals surface area (Å²) < 4.78 is 1.95. The smallest absolute Gasteiger partial charge is 0.154 e. The first-order chi connectivity index (χ1) is 14.2. The highest BCUT2D eigenvalue weighted by molar-refractivity contribution is 5.76. The van der Waals surface area contributed by atoms with Crippen molar-refractivity contribution in [2.45, 2.75) is 13.8 Å². The fourth-order valence-corrected chi connectivity index (χ4v) is 4.08. The molecule has 5 rings (SSSR count). The third-order valence-corrected chi connectivity index (χ3v) is 5.77. The number of benzene rings is 2. The van der Waals surface area contributed by atoms with Gasteiger partial charge in [0.25, 0.3) is 0 Å². The minimum absolute atomic E-state index is 0.950. The third kappa shape index (κ3) is 3.33. The van der Waals surface area contributed by atoms with Gasteiger partial charge in [-0.2, -0.15) is 5.10 Å². The maximum Gasteiger partial charge on any atom is 0.154 e. The second kappa shape index (κ2) is 7.24. The van der Waals surface area contributed by atoms with Gasteiger partial charge in [0, 0.05) is 49.8 Å². The van der Waals surface area contributed by atoms with Gasteiger partial charge in [0.05, 0.1) is 5.69 Å². The van der Waals surface area contributed by atoms with E-state index in [1.165, 1.54) is 22.4 Å². The number of hydrogen-bond donors (Lipinski definition) is 0. The Hall–Kier alpha value is -3.34. The molecule has 0 unspecified atom stereocenters. The molecule has 5 nitrogen and oxygen atoms in total. The van der Waals surface area contributed by atoms with E-state index in [9.17, 15) is 0 Å². The predicted octanol–water partition coefficient (Wildman–Crippen LogP) is 4.34. The first-order valence-electron chi connectivity index (χ1n) is 10.2. The van der Waals surface area contributed by atoms with Gasteiger partial charge >= 0.3 is 0 Å². The Morgan fingerprint density at radius 3 is 2.31 bits per heavy atom. The van der Waals surface area contributed by atoms with Crippen molar-refractivity contribution in [1.29, 1.82) is 0 Å². The zero-order valence-electron chi connectivity index (χ0n) is 16.9. The van der Waals surface area contributed by atoms with E-state index in [0.29, 0.717) is 0 Å². The molecule has 0 N–H and O–H groups in total. The van der Waals surface area contributed by atoms with Crippen LogP contribution in [0, 0.1) is 13.8 Å². The number of piperazine rings is 1. The largest absolute Gasteiger partial charge is 0.368 e. The van der Waals surface area contributed by atoms with Crippen LogP contribution in [0.1, 0.15) is 11.1 Å². The maximum absolute atomic E-state index is 4.81. The zero-order chi connectivity index (χ0) is 19.8. The van der Waals surface area contributed by atoms with E-state index in [-0.39, 0.29) is 0 Å². The van der Waals surface area contributed by atoms with Gasteiger partial charge in [0.15, 0.2) is 5.82 Å². The molecule has 1 saturated heterocycles. The number of fused-ring (bicyclic) bond motifs is 1. The molecule has 0 amide bonds. The van der Waals surface area contributed by atoms with Crippen molar-refractivity contribution >= 4 is 17.0 Å². The molecule has 0 atom stereocenters. The summed E-state index contributed by atoms with van der Waals surface area (Å²) in [7, 11) is 0. The molecule has 3 heterocycles. The lowest BCUT2D eigenvalue weighted by Crippen LogP contribution is -2.47. The van der Waals surface area contributed by atoms with E-state index in [2.05, 4.69) is 78.2 Å². The molecule has 146 valence electrons. The second-order valence-electron chi connectivity index (χ2n) is 7.73. The van der Waals surface area contributed by atoms with Crippen LogP contribution in [0.3, 0.4) is 0 Å². The Morgan fingerprint density at radius 2 is 1.55 bits per heavy atom. The number of hydrogen-bond acceptors (Lipinski definition) is 4. The summed E-state index contributed by atoms with van der Waals surface area (Å²) in [6, 6.07) is 19.4. The average molecular weight is 383 g/mol. The molecular formula is C24H25N5. The summed E-state index contributed by atoms with van der Waals surface area (Å²) in [4.78, 5) is 9.54. The monoisotopic (exact) mass is 383 g/mol. The fraction of sp³-hybridized carbons (Fsp3) is 0.250. The predicted molar refractivity (Wildman–Crippen MR) is 119 cm³/mol. The van der Waals surface area contributed by atoms with Crippen molar-refractivity contribution in [2.75, 3.05) is 36.0 Å². The van der Waals surface area contributed by atoms with Gasteiger partial charge in [-0.3, -0.25) is 0 Å². The highest BCUT2D eigenvalue weighted by atomic mass is 15.3. The van der Waals surface area contributed by atoms with Crippen LogP contribution in [-0.2, 0) is 0 Å². The second-order valence-corrected chi connectivity index (χ2v) is 7.73. The van der Waals surface area contributed by atoms with E-state index in [1.807, 2.05) is 16.9 Å². The Balaban J connectivity index is 1.41. The SMILES string of the molecule is Cc1ccc(N2CCN(c3nccn4nc(-c5ccccc5C)cc34)CC2)cc1. The normalized spacial score (nSPS) is 14.6. The average Bonchev–Trinajstić information content (AvgIpc) is 3.19. The number of rotatable bonds is 3. The molecule has 0 aliphatic carbocycles. The van der Waals surface area contributed by atoms with Gasteiger partial charge in [0.2, 0.25) is 0 Å². The topological polar surface area (TPSA) is 36.7 Å². The van der Waals surface area contributed by atoms with E-state index in [4.69, 9.17) is 10.1 Å². The summed E-state index contributed by atoms with van der Waals surface area (Å²) in [5.41, 5.74) is 7.06. The molecule has 1 aliphatic heterocycles. The lowest BCUT2D eigenvalue weighted by atomic mass is 10.1. The van der Waals surface area contributed by atoms with E-state index in [1.54, 1.807) is 0 Å². The summed E-state index contributed by atoms with van der Waals surface area (Å²) in [5, 5.41) is 4.81. The Labute approximate surface area is 171 Å². The van der Waals surface area contributed by atoms with Crippen LogP contribution in [0.15, 0.2) is 67.0 Å². The van der Waals surface area contributed by atoms with Crippen LogP contribution in [0.25, 0.3) is 16.8 Å². The van der Waals surface area contributed by atoms with Crippen molar-refractivity contribution in [3.63, 3.8) is 0 Å². The van der Waals surface area contributed by atoms with E-state index in [0.717, 1.165) is 43.2 Å². The van der Waals surface area contributed by atoms with Crippen molar-refractivity contribution in [2.24, 2.45) is 0 Å². The van der Waals surface area contributed by atoms with Crippen molar-refractivity contribution in [3.8, 4) is 11.3 Å². The van der Waals surface area contributed by atoms with E-state index < -0.39 is 0 Å². The molecule has 29 heavy (non-hydrogen) atoms. The van der Waals surface area contributed by atoms with Crippen LogP contribution in [0.2, 0.25) is 0 Å². The summed E-state index contributed by atoms with van der Waals surface area (Å²) in [6.07, 6.45) is 3.78. The van der Waals surface area contributed by atoms with Gasteiger partial charge in [-0.15, -0.1) is 0 Å². The highest BCUT2D eigenvalue weighted by Crippen LogP contribution is 2.28. The Morgan fingerprint density at radius 1 is 0.828 bits per heavy atom. The number of anilines is 2. The first-order valence-corrected chi connectivity index (χ1v) is 10.2. The molecule has 2 aromatic carbocycles. The first kappa shape index (κ1) is 17.7. The molecular weight excluding hydrogens is 358 g/mol. The molecule has 0 bridgehead atoms. The van der Waals surface area contributed by atoms with Gasteiger partial charge < -0.3 is 9.80 Å². The van der Waals surface area contributed by atoms with Crippen molar-refractivity contribution in [1.82, 2.24) is 14.6 Å². The van der Waals surface area contributed by atoms with Crippen LogP contribution in [-0.4, -0.2) is 40.8 Å². The highest BCUT2D eigenvalue weighted by Gasteiger charge is 2.21. The standard InChI is InChI=1S/C24H25N5/c1-18-7-9-20(10-8-18)27-13-15-28(16-14-27)24-23-17-22(26-29(23)12-11-25-24)21-6-4-3-5-19(21)2/h3-12,17H,13-16H2,1-2H3.